The Bertz CT molecular complexity index is 710. The molecule has 6 nitrogen and oxygen atoms in total. The molecule has 0 aliphatic carbocycles. The summed E-state index contributed by atoms with van der Waals surface area (Å²) in [5.74, 6) is -0.271. The minimum absolute atomic E-state index is 0.146. The third-order valence-electron chi connectivity index (χ3n) is 3.77. The SMILES string of the molecule is COC(=O)[C@@H]1CSCN1C(=O)CC(SC(C)=O)C(=O)c1ccc(Br)cc1. The van der Waals surface area contributed by atoms with Crippen LogP contribution >= 0.6 is 39.5 Å². The fourth-order valence-corrected chi connectivity index (χ4v) is 4.78. The van der Waals surface area contributed by atoms with Crippen LogP contribution in [-0.4, -0.2) is 57.7 Å². The van der Waals surface area contributed by atoms with E-state index in [2.05, 4.69) is 15.9 Å². The van der Waals surface area contributed by atoms with Gasteiger partial charge in [-0.15, -0.1) is 11.8 Å². The minimum atomic E-state index is -0.829. The van der Waals surface area contributed by atoms with Gasteiger partial charge in [-0.1, -0.05) is 39.8 Å². The van der Waals surface area contributed by atoms with Crippen molar-refractivity contribution >= 4 is 62.2 Å². The predicted octanol–water partition coefficient (Wildman–Crippen LogP) is 2.74. The van der Waals surface area contributed by atoms with E-state index in [4.69, 9.17) is 4.74 Å². The third kappa shape index (κ3) is 5.34. The van der Waals surface area contributed by atoms with Crippen LogP contribution in [0, 0.1) is 0 Å². The molecule has 26 heavy (non-hydrogen) atoms. The number of hydrogen-bond donors (Lipinski definition) is 0. The molecular weight excluding hydrogens is 442 g/mol. The zero-order chi connectivity index (χ0) is 19.3. The molecule has 1 aromatic carbocycles. The number of rotatable bonds is 6. The van der Waals surface area contributed by atoms with Gasteiger partial charge in [0.05, 0.1) is 18.2 Å². The van der Waals surface area contributed by atoms with E-state index in [0.29, 0.717) is 17.2 Å². The highest BCUT2D eigenvalue weighted by Gasteiger charge is 2.37. The second kappa shape index (κ2) is 9.57. The minimum Gasteiger partial charge on any atom is -0.467 e. The standard InChI is InChI=1S/C17H18BrNO5S2/c1-10(20)26-14(16(22)11-3-5-12(18)6-4-11)7-15(21)19-9-25-8-13(19)17(23)24-2/h3-6,13-14H,7-9H2,1-2H3/t13-,14?/m0/s1. The van der Waals surface area contributed by atoms with Crippen molar-refractivity contribution in [2.45, 2.75) is 24.6 Å². The van der Waals surface area contributed by atoms with Gasteiger partial charge in [-0.05, 0) is 12.1 Å². The maximum Gasteiger partial charge on any atom is 0.329 e. The van der Waals surface area contributed by atoms with Crippen molar-refractivity contribution in [2.75, 3.05) is 18.7 Å². The smallest absolute Gasteiger partial charge is 0.329 e. The van der Waals surface area contributed by atoms with Crippen molar-refractivity contribution in [3.8, 4) is 0 Å². The van der Waals surface area contributed by atoms with Gasteiger partial charge in [0.15, 0.2) is 10.9 Å². The maximum absolute atomic E-state index is 12.8. The van der Waals surface area contributed by atoms with E-state index in [9.17, 15) is 19.2 Å². The van der Waals surface area contributed by atoms with Crippen molar-refractivity contribution in [1.29, 1.82) is 0 Å². The van der Waals surface area contributed by atoms with Gasteiger partial charge in [0, 0.05) is 29.1 Å². The van der Waals surface area contributed by atoms with Crippen molar-refractivity contribution in [2.24, 2.45) is 0 Å². The first-order chi connectivity index (χ1) is 12.3. The summed E-state index contributed by atoms with van der Waals surface area (Å²) in [6.07, 6.45) is -0.146. The Morgan fingerprint density at radius 3 is 2.54 bits per heavy atom. The molecule has 140 valence electrons. The van der Waals surface area contributed by atoms with Crippen LogP contribution in [0.15, 0.2) is 28.7 Å². The molecule has 0 N–H and O–H groups in total. The molecule has 0 aromatic heterocycles. The molecule has 0 bridgehead atoms. The second-order valence-electron chi connectivity index (χ2n) is 5.58. The molecule has 0 saturated carbocycles. The molecule has 1 aliphatic rings. The zero-order valence-corrected chi connectivity index (χ0v) is 17.5. The quantitative estimate of drug-likeness (QED) is 0.477. The van der Waals surface area contributed by atoms with Crippen molar-refractivity contribution in [1.82, 2.24) is 4.90 Å². The largest absolute Gasteiger partial charge is 0.467 e. The van der Waals surface area contributed by atoms with E-state index in [1.807, 2.05) is 0 Å². The molecule has 2 atom stereocenters. The first kappa shape index (κ1) is 21.0. The highest BCUT2D eigenvalue weighted by Crippen LogP contribution is 2.27. The molecule has 0 spiro atoms. The van der Waals surface area contributed by atoms with E-state index < -0.39 is 17.3 Å². The summed E-state index contributed by atoms with van der Waals surface area (Å²) in [5.41, 5.74) is 0.431. The molecule has 1 heterocycles. The van der Waals surface area contributed by atoms with Crippen LogP contribution in [0.25, 0.3) is 0 Å². The lowest BCUT2D eigenvalue weighted by molar-refractivity contribution is -0.150. The molecule has 0 radical (unpaired) electrons. The summed E-state index contributed by atoms with van der Waals surface area (Å²) >= 11 is 5.59. The van der Waals surface area contributed by atoms with Crippen LogP contribution in [0.4, 0.5) is 0 Å². The first-order valence-electron chi connectivity index (χ1n) is 7.75. The summed E-state index contributed by atoms with van der Waals surface area (Å²) in [5, 5.41) is -1.07. The van der Waals surface area contributed by atoms with Crippen molar-refractivity contribution in [3.05, 3.63) is 34.3 Å². The molecule has 1 aliphatic heterocycles. The number of amides is 1. The summed E-state index contributed by atoms with van der Waals surface area (Å²) in [7, 11) is 1.28. The maximum atomic E-state index is 12.8. The van der Waals surface area contributed by atoms with Gasteiger partial charge in [-0.2, -0.15) is 0 Å². The Labute approximate surface area is 168 Å². The Balaban J connectivity index is 2.15. The van der Waals surface area contributed by atoms with Crippen molar-refractivity contribution in [3.63, 3.8) is 0 Å². The highest BCUT2D eigenvalue weighted by atomic mass is 79.9. The number of Topliss-reactive ketones (excluding diaryl/α,β-unsaturated/α-hetero) is 1. The molecule has 1 fully saturated rings. The molecule has 1 aromatic rings. The number of ketones is 1. The number of nitrogens with zero attached hydrogens (tertiary/aromatic N) is 1. The molecule has 1 unspecified atom stereocenters. The fraction of sp³-hybridized carbons (Fsp3) is 0.412. The van der Waals surface area contributed by atoms with E-state index >= 15 is 0 Å². The predicted molar refractivity (Wildman–Crippen MR) is 105 cm³/mol. The Hall–Kier alpha value is -1.32. The highest BCUT2D eigenvalue weighted by molar-refractivity contribution is 9.10. The summed E-state index contributed by atoms with van der Waals surface area (Å²) < 4.78 is 5.56. The van der Waals surface area contributed by atoms with Gasteiger partial charge in [0.25, 0.3) is 0 Å². The lowest BCUT2D eigenvalue weighted by atomic mass is 10.1. The number of carbonyl (C=O) groups is 4. The van der Waals surface area contributed by atoms with Crippen LogP contribution in [0.2, 0.25) is 0 Å². The fourth-order valence-electron chi connectivity index (χ4n) is 2.48. The van der Waals surface area contributed by atoms with Gasteiger partial charge < -0.3 is 9.64 Å². The Morgan fingerprint density at radius 1 is 1.31 bits per heavy atom. The summed E-state index contributed by atoms with van der Waals surface area (Å²) in [4.78, 5) is 50.2. The number of ether oxygens (including phenoxy) is 1. The Morgan fingerprint density at radius 2 is 1.96 bits per heavy atom. The summed E-state index contributed by atoms with van der Waals surface area (Å²) in [6, 6.07) is 6.11. The number of methoxy groups -OCH3 is 1. The molecule has 9 heteroatoms. The van der Waals surface area contributed by atoms with Crippen molar-refractivity contribution < 1.29 is 23.9 Å². The second-order valence-corrected chi connectivity index (χ2v) is 8.87. The van der Waals surface area contributed by atoms with Gasteiger partial charge in [0.1, 0.15) is 6.04 Å². The number of halogens is 1. The first-order valence-corrected chi connectivity index (χ1v) is 10.6. The third-order valence-corrected chi connectivity index (χ3v) is 6.30. The molecule has 2 rings (SSSR count). The van der Waals surface area contributed by atoms with Gasteiger partial charge in [0.2, 0.25) is 5.91 Å². The lowest BCUT2D eigenvalue weighted by Crippen LogP contribution is -2.43. The number of esters is 1. The monoisotopic (exact) mass is 459 g/mol. The molecular formula is C17H18BrNO5S2. The van der Waals surface area contributed by atoms with E-state index in [-0.39, 0.29) is 23.2 Å². The van der Waals surface area contributed by atoms with E-state index in [1.54, 1.807) is 24.3 Å². The Kier molecular flexibility index (Phi) is 7.72. The van der Waals surface area contributed by atoms with Crippen LogP contribution in [-0.2, 0) is 19.1 Å². The zero-order valence-electron chi connectivity index (χ0n) is 14.3. The van der Waals surface area contributed by atoms with Gasteiger partial charge >= 0.3 is 5.97 Å². The summed E-state index contributed by atoms with van der Waals surface area (Å²) in [6.45, 7) is 1.36. The lowest BCUT2D eigenvalue weighted by Gasteiger charge is -2.23. The van der Waals surface area contributed by atoms with Crippen LogP contribution in [0.1, 0.15) is 23.7 Å². The van der Waals surface area contributed by atoms with E-state index in [1.165, 1.54) is 30.7 Å². The molecule has 1 amide bonds. The van der Waals surface area contributed by atoms with Crippen LogP contribution < -0.4 is 0 Å². The van der Waals surface area contributed by atoms with E-state index in [0.717, 1.165) is 16.2 Å². The number of thioether (sulfide) groups is 2. The average Bonchev–Trinajstić information content (AvgIpc) is 3.10. The van der Waals surface area contributed by atoms with Crippen LogP contribution in [0.3, 0.4) is 0 Å². The number of benzene rings is 1. The van der Waals surface area contributed by atoms with Crippen LogP contribution in [0.5, 0.6) is 0 Å². The topological polar surface area (TPSA) is 80.8 Å². The number of hydrogen-bond acceptors (Lipinski definition) is 7. The number of carbonyl (C=O) groups excluding carboxylic acids is 4. The van der Waals surface area contributed by atoms with Gasteiger partial charge in [-0.25, -0.2) is 4.79 Å². The van der Waals surface area contributed by atoms with Gasteiger partial charge in [-0.3, -0.25) is 14.4 Å². The normalized spacial score (nSPS) is 17.7. The average molecular weight is 460 g/mol. The molecule has 1 saturated heterocycles.